The first-order valence-electron chi connectivity index (χ1n) is 14.3. The van der Waals surface area contributed by atoms with Gasteiger partial charge in [-0.05, 0) is 88.3 Å². The summed E-state index contributed by atoms with van der Waals surface area (Å²) in [5.41, 5.74) is 1.68. The second kappa shape index (κ2) is 9.14. The van der Waals surface area contributed by atoms with Crippen LogP contribution in [0.1, 0.15) is 110 Å². The molecule has 5 nitrogen and oxygen atoms in total. The molecule has 1 aromatic carbocycles. The van der Waals surface area contributed by atoms with E-state index in [-0.39, 0.29) is 40.3 Å². The van der Waals surface area contributed by atoms with Crippen molar-refractivity contribution in [3.8, 4) is 11.5 Å². The van der Waals surface area contributed by atoms with Gasteiger partial charge in [-0.25, -0.2) is 0 Å². The third-order valence-electron chi connectivity index (χ3n) is 10.4. The Balaban J connectivity index is 1.55. The smallest absolute Gasteiger partial charge is 0.310 e. The first kappa shape index (κ1) is 26.8. The summed E-state index contributed by atoms with van der Waals surface area (Å²) in [6, 6.07) is 4.03. The van der Waals surface area contributed by atoms with Crippen molar-refractivity contribution >= 4 is 15.9 Å². The summed E-state index contributed by atoms with van der Waals surface area (Å²) in [5, 5.41) is 0. The number of ether oxygens (including phenoxy) is 1. The molecule has 6 heteroatoms. The number of carbonyl (C=O) groups is 1. The standard InChI is InChI=1S/C31H44O5S/c1-7-8-9-10-21-16-25-28(23-15-20(2)11-12-24(23)30(5,6)35-25)26(17-21)36-37(33,34)19-31-14-13-22(18-27(31)32)29(31,3)4/h15-17,22-24H,7-14,18-19H2,1-6H3/t22?,23-,24-,31?/m1/s1. The molecular weight excluding hydrogens is 484 g/mol. The second-order valence-corrected chi connectivity index (χ2v) is 14.9. The van der Waals surface area contributed by atoms with Crippen LogP contribution < -0.4 is 8.92 Å². The van der Waals surface area contributed by atoms with Crippen LogP contribution in [0.25, 0.3) is 0 Å². The second-order valence-electron chi connectivity index (χ2n) is 13.3. The lowest BCUT2D eigenvalue weighted by Gasteiger charge is -2.46. The lowest BCUT2D eigenvalue weighted by molar-refractivity contribution is -0.128. The third kappa shape index (κ3) is 4.45. The van der Waals surface area contributed by atoms with Crippen LogP contribution in [0.15, 0.2) is 23.8 Å². The van der Waals surface area contributed by atoms with Crippen molar-refractivity contribution in [1.82, 2.24) is 0 Å². The molecule has 204 valence electrons. The number of Topliss-reactive ketones (excluding diaryl/α,β-unsaturated/α-hetero) is 1. The van der Waals surface area contributed by atoms with Gasteiger partial charge in [0, 0.05) is 23.8 Å². The normalized spacial score (nSPS) is 31.4. The van der Waals surface area contributed by atoms with Gasteiger partial charge < -0.3 is 8.92 Å². The molecule has 5 rings (SSSR count). The summed E-state index contributed by atoms with van der Waals surface area (Å²) in [5.74, 6) is 1.53. The number of carbonyl (C=O) groups excluding carboxylic acids is 1. The largest absolute Gasteiger partial charge is 0.487 e. The van der Waals surface area contributed by atoms with Gasteiger partial charge in [0.15, 0.2) is 0 Å². The van der Waals surface area contributed by atoms with E-state index in [1.54, 1.807) is 0 Å². The Bertz CT molecular complexity index is 1220. The number of allylic oxidation sites excluding steroid dienone is 2. The molecule has 0 spiro atoms. The number of fused-ring (bicyclic) bond motifs is 5. The molecule has 0 amide bonds. The molecule has 4 atom stereocenters. The third-order valence-corrected chi connectivity index (χ3v) is 11.6. The monoisotopic (exact) mass is 528 g/mol. The molecule has 3 aliphatic carbocycles. The maximum Gasteiger partial charge on any atom is 0.310 e. The average Bonchev–Trinajstić information content (AvgIpc) is 3.12. The Morgan fingerprint density at radius 3 is 2.51 bits per heavy atom. The quantitative estimate of drug-likeness (QED) is 0.204. The van der Waals surface area contributed by atoms with Gasteiger partial charge in [-0.15, -0.1) is 0 Å². The van der Waals surface area contributed by atoms with Gasteiger partial charge in [-0.2, -0.15) is 8.42 Å². The maximum atomic E-state index is 13.8. The van der Waals surface area contributed by atoms with Crippen molar-refractivity contribution in [2.45, 2.75) is 111 Å². The van der Waals surface area contributed by atoms with E-state index >= 15 is 0 Å². The van der Waals surface area contributed by atoms with Gasteiger partial charge in [0.25, 0.3) is 0 Å². The molecule has 2 fully saturated rings. The Labute approximate surface area is 223 Å². The lowest BCUT2D eigenvalue weighted by Crippen LogP contribution is -2.45. The van der Waals surface area contributed by atoms with Gasteiger partial charge in [-0.1, -0.05) is 45.3 Å². The van der Waals surface area contributed by atoms with Gasteiger partial charge in [-0.3, -0.25) is 4.79 Å². The van der Waals surface area contributed by atoms with Crippen LogP contribution >= 0.6 is 0 Å². The summed E-state index contributed by atoms with van der Waals surface area (Å²) in [6.45, 7) is 12.8. The van der Waals surface area contributed by atoms with Crippen molar-refractivity contribution in [1.29, 1.82) is 0 Å². The molecule has 2 unspecified atom stereocenters. The van der Waals surface area contributed by atoms with Crippen LogP contribution in [0.3, 0.4) is 0 Å². The molecule has 2 saturated carbocycles. The summed E-state index contributed by atoms with van der Waals surface area (Å²) < 4.78 is 40.2. The molecule has 0 saturated heterocycles. The number of benzene rings is 1. The van der Waals surface area contributed by atoms with Crippen molar-refractivity contribution in [3.05, 3.63) is 34.9 Å². The molecule has 0 aromatic heterocycles. The number of hydrogen-bond donors (Lipinski definition) is 0. The van der Waals surface area contributed by atoms with Crippen molar-refractivity contribution in [2.75, 3.05) is 5.75 Å². The van der Waals surface area contributed by atoms with Gasteiger partial charge in [0.1, 0.15) is 22.9 Å². The van der Waals surface area contributed by atoms with E-state index in [4.69, 9.17) is 8.92 Å². The van der Waals surface area contributed by atoms with E-state index in [0.29, 0.717) is 18.6 Å². The molecule has 0 radical (unpaired) electrons. The fourth-order valence-electron chi connectivity index (χ4n) is 7.93. The Morgan fingerprint density at radius 2 is 1.86 bits per heavy atom. The van der Waals surface area contributed by atoms with Crippen LogP contribution in [-0.4, -0.2) is 25.6 Å². The SMILES string of the molecule is CCCCCc1cc2c(c(OS(=O)(=O)CC34CCC(CC3=O)C4(C)C)c1)[C@@H]1C=C(C)CC[C@H]1C(C)(C)O2. The molecule has 37 heavy (non-hydrogen) atoms. The number of hydrogen-bond acceptors (Lipinski definition) is 5. The fraction of sp³-hybridized carbons (Fsp3) is 0.710. The molecule has 1 aliphatic heterocycles. The van der Waals surface area contributed by atoms with E-state index in [1.165, 1.54) is 5.57 Å². The predicted molar refractivity (Wildman–Crippen MR) is 147 cm³/mol. The molecule has 1 aromatic rings. The van der Waals surface area contributed by atoms with E-state index in [2.05, 4.69) is 53.7 Å². The van der Waals surface area contributed by atoms with E-state index in [0.717, 1.165) is 61.8 Å². The molecule has 1 heterocycles. The van der Waals surface area contributed by atoms with E-state index in [9.17, 15) is 13.2 Å². The van der Waals surface area contributed by atoms with Crippen LogP contribution in [0.2, 0.25) is 0 Å². The lowest BCUT2D eigenvalue weighted by atomic mass is 9.68. The van der Waals surface area contributed by atoms with Gasteiger partial charge >= 0.3 is 10.1 Å². The van der Waals surface area contributed by atoms with Crippen LogP contribution in [0, 0.1) is 22.7 Å². The number of unbranched alkanes of at least 4 members (excludes halogenated alkanes) is 2. The maximum absolute atomic E-state index is 13.8. The van der Waals surface area contributed by atoms with E-state index < -0.39 is 15.5 Å². The summed E-state index contributed by atoms with van der Waals surface area (Å²) in [7, 11) is -4.02. The zero-order valence-electron chi connectivity index (χ0n) is 23.5. The predicted octanol–water partition coefficient (Wildman–Crippen LogP) is 7.13. The van der Waals surface area contributed by atoms with Crippen molar-refractivity contribution in [2.24, 2.45) is 22.7 Å². The first-order chi connectivity index (χ1) is 17.3. The Hall–Kier alpha value is -1.82. The number of rotatable bonds is 8. The van der Waals surface area contributed by atoms with Crippen LogP contribution in [0.5, 0.6) is 11.5 Å². The Morgan fingerprint density at radius 1 is 1.11 bits per heavy atom. The minimum Gasteiger partial charge on any atom is -0.487 e. The summed E-state index contributed by atoms with van der Waals surface area (Å²) >= 11 is 0. The first-order valence-corrected chi connectivity index (χ1v) is 15.9. The summed E-state index contributed by atoms with van der Waals surface area (Å²) in [6.07, 6.45) is 10.4. The highest BCUT2D eigenvalue weighted by atomic mass is 32.2. The van der Waals surface area contributed by atoms with Crippen LogP contribution in [-0.2, 0) is 21.3 Å². The van der Waals surface area contributed by atoms with E-state index in [1.807, 2.05) is 6.07 Å². The average molecular weight is 529 g/mol. The van der Waals surface area contributed by atoms with Gasteiger partial charge in [0.2, 0.25) is 0 Å². The van der Waals surface area contributed by atoms with Gasteiger partial charge in [0.05, 0.1) is 11.2 Å². The molecule has 2 bridgehead atoms. The minimum absolute atomic E-state index is 0.0426. The molecular formula is C31H44O5S. The molecule has 4 aliphatic rings. The number of aryl methyl sites for hydroxylation is 1. The minimum atomic E-state index is -4.02. The zero-order chi connectivity index (χ0) is 26.8. The highest BCUT2D eigenvalue weighted by Crippen LogP contribution is 2.64. The topological polar surface area (TPSA) is 69.7 Å². The Kier molecular flexibility index (Phi) is 6.61. The molecule has 0 N–H and O–H groups in total. The van der Waals surface area contributed by atoms with Crippen molar-refractivity contribution in [3.63, 3.8) is 0 Å². The summed E-state index contributed by atoms with van der Waals surface area (Å²) in [4.78, 5) is 13.1. The highest BCUT2D eigenvalue weighted by Gasteiger charge is 2.65. The van der Waals surface area contributed by atoms with Crippen LogP contribution in [0.4, 0.5) is 0 Å². The number of ketones is 1. The highest BCUT2D eigenvalue weighted by molar-refractivity contribution is 7.87. The zero-order valence-corrected chi connectivity index (χ0v) is 24.3. The fourth-order valence-corrected chi connectivity index (χ4v) is 9.68. The van der Waals surface area contributed by atoms with Crippen molar-refractivity contribution < 1.29 is 22.1 Å².